The van der Waals surface area contributed by atoms with E-state index in [1.54, 1.807) is 4.90 Å². The van der Waals surface area contributed by atoms with E-state index in [-0.39, 0.29) is 17.6 Å². The van der Waals surface area contributed by atoms with Crippen molar-refractivity contribution in [2.45, 2.75) is 84.7 Å². The van der Waals surface area contributed by atoms with Crippen molar-refractivity contribution in [3.63, 3.8) is 0 Å². The number of hydrogen-bond acceptors (Lipinski definition) is 4. The van der Waals surface area contributed by atoms with Crippen molar-refractivity contribution in [3.05, 3.63) is 24.3 Å². The maximum Gasteiger partial charge on any atom is 0.494 e. The zero-order chi connectivity index (χ0) is 21.6. The van der Waals surface area contributed by atoms with Gasteiger partial charge in [0.25, 0.3) is 0 Å². The Bertz CT molecular complexity index is 742. The molecule has 2 aliphatic heterocycles. The van der Waals surface area contributed by atoms with Gasteiger partial charge in [0.2, 0.25) is 0 Å². The molecule has 2 unspecified atom stereocenters. The van der Waals surface area contributed by atoms with Crippen LogP contribution < -0.4 is 10.2 Å². The maximum absolute atomic E-state index is 11.6. The van der Waals surface area contributed by atoms with Crippen molar-refractivity contribution < 1.29 is 23.9 Å². The number of nitrogens with zero attached hydrogens (tertiary/aromatic N) is 1. The molecule has 1 aromatic carbocycles. The predicted octanol–water partition coefficient (Wildman–Crippen LogP) is 3.92. The first-order chi connectivity index (χ1) is 13.3. The lowest BCUT2D eigenvalue weighted by molar-refractivity contribution is 0.00578. The summed E-state index contributed by atoms with van der Waals surface area (Å²) in [6, 6.07) is 7.76. The van der Waals surface area contributed by atoms with Crippen molar-refractivity contribution in [1.82, 2.24) is 4.90 Å². The average Bonchev–Trinajstić information content (AvgIpc) is 2.82. The number of benzene rings is 1. The van der Waals surface area contributed by atoms with Crippen LogP contribution in [0.4, 0.5) is 4.79 Å². The SMILES string of the molecule is CC(C)(C)C1CC(Oc2cccc(B3OC(C)(C)C(C)(C)O3)c2)CCN1C(=O)O. The Balaban J connectivity index is 1.72. The number of carbonyl (C=O) groups is 1. The fraction of sp³-hybridized carbons (Fsp3) is 0.682. The Hall–Kier alpha value is -1.73. The van der Waals surface area contributed by atoms with Crippen LogP contribution in [-0.2, 0) is 9.31 Å². The molecule has 29 heavy (non-hydrogen) atoms. The van der Waals surface area contributed by atoms with Crippen molar-refractivity contribution in [1.29, 1.82) is 0 Å². The van der Waals surface area contributed by atoms with Crippen molar-refractivity contribution >= 4 is 18.7 Å². The molecule has 7 heteroatoms. The number of piperidine rings is 1. The highest BCUT2D eigenvalue weighted by molar-refractivity contribution is 6.62. The van der Waals surface area contributed by atoms with Gasteiger partial charge in [-0.3, -0.25) is 0 Å². The molecule has 0 aliphatic carbocycles. The van der Waals surface area contributed by atoms with Crippen LogP contribution in [0.3, 0.4) is 0 Å². The van der Waals surface area contributed by atoms with Crippen LogP contribution in [0.5, 0.6) is 5.75 Å². The van der Waals surface area contributed by atoms with Crippen molar-refractivity contribution in [2.24, 2.45) is 5.41 Å². The van der Waals surface area contributed by atoms with Crippen LogP contribution in [0.1, 0.15) is 61.3 Å². The van der Waals surface area contributed by atoms with E-state index < -0.39 is 24.4 Å². The smallest absolute Gasteiger partial charge is 0.490 e. The number of carboxylic acid groups (broad SMARTS) is 1. The van der Waals surface area contributed by atoms with E-state index in [1.165, 1.54) is 0 Å². The lowest BCUT2D eigenvalue weighted by atomic mass is 9.79. The molecule has 2 aliphatic rings. The molecule has 3 rings (SSSR count). The zero-order valence-corrected chi connectivity index (χ0v) is 18.7. The van der Waals surface area contributed by atoms with Crippen LogP contribution >= 0.6 is 0 Å². The highest BCUT2D eigenvalue weighted by atomic mass is 16.7. The number of rotatable bonds is 3. The molecule has 0 saturated carbocycles. The van der Waals surface area contributed by atoms with Crippen LogP contribution in [0.15, 0.2) is 24.3 Å². The minimum Gasteiger partial charge on any atom is -0.490 e. The molecule has 2 saturated heterocycles. The highest BCUT2D eigenvalue weighted by Crippen LogP contribution is 2.37. The Labute approximate surface area is 174 Å². The van der Waals surface area contributed by atoms with Gasteiger partial charge in [-0.05, 0) is 50.7 Å². The van der Waals surface area contributed by atoms with Gasteiger partial charge in [-0.1, -0.05) is 32.9 Å². The van der Waals surface area contributed by atoms with Gasteiger partial charge in [0, 0.05) is 25.4 Å². The van der Waals surface area contributed by atoms with E-state index in [9.17, 15) is 9.90 Å². The highest BCUT2D eigenvalue weighted by Gasteiger charge is 2.51. The van der Waals surface area contributed by atoms with E-state index in [0.29, 0.717) is 19.4 Å². The van der Waals surface area contributed by atoms with Crippen molar-refractivity contribution in [3.8, 4) is 5.75 Å². The van der Waals surface area contributed by atoms with Crippen LogP contribution in [0.2, 0.25) is 0 Å². The first kappa shape index (κ1) is 22.0. The molecular formula is C22H34BNO5. The Morgan fingerprint density at radius 2 is 1.83 bits per heavy atom. The monoisotopic (exact) mass is 403 g/mol. The van der Waals surface area contributed by atoms with E-state index in [1.807, 2.05) is 52.0 Å². The third-order valence-electron chi connectivity index (χ3n) is 6.49. The molecule has 1 amide bonds. The fourth-order valence-corrected chi connectivity index (χ4v) is 4.00. The topological polar surface area (TPSA) is 68.2 Å². The number of hydrogen-bond donors (Lipinski definition) is 1. The molecule has 0 bridgehead atoms. The van der Waals surface area contributed by atoms with Gasteiger partial charge in [0.1, 0.15) is 11.9 Å². The van der Waals surface area contributed by atoms with E-state index in [2.05, 4.69) is 20.8 Å². The summed E-state index contributed by atoms with van der Waals surface area (Å²) in [5.41, 5.74) is -0.00206. The minimum absolute atomic E-state index is 0.0247. The summed E-state index contributed by atoms with van der Waals surface area (Å²) in [5.74, 6) is 0.763. The summed E-state index contributed by atoms with van der Waals surface area (Å²) >= 11 is 0. The molecule has 2 fully saturated rings. The molecule has 6 nitrogen and oxygen atoms in total. The lowest BCUT2D eigenvalue weighted by Crippen LogP contribution is -2.53. The van der Waals surface area contributed by atoms with Gasteiger partial charge in [-0.25, -0.2) is 4.79 Å². The molecule has 1 aromatic rings. The summed E-state index contributed by atoms with van der Waals surface area (Å²) < 4.78 is 18.6. The molecule has 1 N–H and O–H groups in total. The molecular weight excluding hydrogens is 369 g/mol. The summed E-state index contributed by atoms with van der Waals surface area (Å²) in [7, 11) is -0.431. The van der Waals surface area contributed by atoms with Gasteiger partial charge in [0.05, 0.1) is 11.2 Å². The number of likely N-dealkylation sites (tertiary alicyclic amines) is 1. The quantitative estimate of drug-likeness (QED) is 0.775. The van der Waals surface area contributed by atoms with Gasteiger partial charge in [0.15, 0.2) is 0 Å². The second kappa shape index (κ2) is 7.51. The summed E-state index contributed by atoms with van der Waals surface area (Å²) in [5, 5.41) is 9.55. The summed E-state index contributed by atoms with van der Waals surface area (Å²) in [4.78, 5) is 13.2. The Morgan fingerprint density at radius 3 is 2.38 bits per heavy atom. The number of amides is 1. The van der Waals surface area contributed by atoms with Crippen LogP contribution in [-0.4, -0.2) is 53.1 Å². The van der Waals surface area contributed by atoms with Crippen molar-refractivity contribution in [2.75, 3.05) is 6.54 Å². The van der Waals surface area contributed by atoms with Gasteiger partial charge >= 0.3 is 13.2 Å². The second-order valence-electron chi connectivity index (χ2n) is 10.3. The summed E-state index contributed by atoms with van der Waals surface area (Å²) in [6.07, 6.45) is 0.477. The molecule has 160 valence electrons. The first-order valence-corrected chi connectivity index (χ1v) is 10.4. The minimum atomic E-state index is -0.855. The maximum atomic E-state index is 11.6. The van der Waals surface area contributed by atoms with Crippen LogP contribution in [0, 0.1) is 5.41 Å². The molecule has 2 heterocycles. The standard InChI is InChI=1S/C22H34BNO5/c1-20(2,3)18-14-17(11-12-24(18)19(25)26)27-16-10-8-9-15(13-16)23-28-21(4,5)22(6,7)29-23/h8-10,13,17-18H,11-12,14H2,1-7H3,(H,25,26). The van der Waals surface area contributed by atoms with Gasteiger partial charge in [-0.2, -0.15) is 0 Å². The summed E-state index contributed by atoms with van der Waals surface area (Å²) in [6.45, 7) is 14.9. The predicted molar refractivity (Wildman–Crippen MR) is 114 cm³/mol. The normalized spacial score (nSPS) is 26.4. The molecule has 0 radical (unpaired) electrons. The molecule has 0 aromatic heterocycles. The third kappa shape index (κ3) is 4.56. The Morgan fingerprint density at radius 1 is 1.21 bits per heavy atom. The van der Waals surface area contributed by atoms with E-state index >= 15 is 0 Å². The molecule has 2 atom stereocenters. The third-order valence-corrected chi connectivity index (χ3v) is 6.49. The van der Waals surface area contributed by atoms with Gasteiger partial charge < -0.3 is 24.1 Å². The lowest BCUT2D eigenvalue weighted by Gasteiger charge is -2.44. The van der Waals surface area contributed by atoms with Gasteiger partial charge in [-0.15, -0.1) is 0 Å². The first-order valence-electron chi connectivity index (χ1n) is 10.4. The number of ether oxygens (including phenoxy) is 1. The molecule has 0 spiro atoms. The van der Waals surface area contributed by atoms with E-state index in [0.717, 1.165) is 11.2 Å². The average molecular weight is 403 g/mol. The largest absolute Gasteiger partial charge is 0.494 e. The van der Waals surface area contributed by atoms with Crippen LogP contribution in [0.25, 0.3) is 0 Å². The Kier molecular flexibility index (Phi) is 5.69. The zero-order valence-electron chi connectivity index (χ0n) is 18.7. The second-order valence-corrected chi connectivity index (χ2v) is 10.3. The van der Waals surface area contributed by atoms with E-state index in [4.69, 9.17) is 14.0 Å². The fourth-order valence-electron chi connectivity index (χ4n) is 4.00.